The van der Waals surface area contributed by atoms with E-state index in [1.54, 1.807) is 13.2 Å². The molecular weight excluding hydrogens is 252 g/mol. The Morgan fingerprint density at radius 3 is 2.65 bits per heavy atom. The van der Waals surface area contributed by atoms with Gasteiger partial charge in [0.1, 0.15) is 5.52 Å². The topological polar surface area (TPSA) is 66.0 Å². The summed E-state index contributed by atoms with van der Waals surface area (Å²) >= 11 is 0. The highest BCUT2D eigenvalue weighted by atomic mass is 16.5. The SMILES string of the molecule is COc1ccc2nc(N)n(-c3cccc(C)c3C)c2n1. The maximum Gasteiger partial charge on any atom is 0.215 e. The number of fused-ring (bicyclic) bond motifs is 1. The van der Waals surface area contributed by atoms with Crippen LogP contribution in [0, 0.1) is 13.8 Å². The van der Waals surface area contributed by atoms with E-state index >= 15 is 0 Å². The first kappa shape index (κ1) is 12.5. The minimum Gasteiger partial charge on any atom is -0.481 e. The van der Waals surface area contributed by atoms with Crippen molar-refractivity contribution in [3.8, 4) is 11.6 Å². The number of methoxy groups -OCH3 is 1. The second-order valence-electron chi connectivity index (χ2n) is 4.72. The molecule has 3 rings (SSSR count). The quantitative estimate of drug-likeness (QED) is 0.776. The van der Waals surface area contributed by atoms with Gasteiger partial charge in [0.25, 0.3) is 0 Å². The van der Waals surface area contributed by atoms with Gasteiger partial charge < -0.3 is 10.5 Å². The molecule has 1 aromatic carbocycles. The molecule has 0 saturated carbocycles. The summed E-state index contributed by atoms with van der Waals surface area (Å²) in [6, 6.07) is 9.73. The second-order valence-corrected chi connectivity index (χ2v) is 4.72. The molecule has 0 aliphatic carbocycles. The van der Waals surface area contributed by atoms with Gasteiger partial charge in [-0.25, -0.2) is 4.98 Å². The summed E-state index contributed by atoms with van der Waals surface area (Å²) in [5, 5.41) is 0. The van der Waals surface area contributed by atoms with Gasteiger partial charge >= 0.3 is 0 Å². The molecule has 0 atom stereocenters. The zero-order valence-electron chi connectivity index (χ0n) is 11.7. The Kier molecular flexibility index (Phi) is 2.82. The van der Waals surface area contributed by atoms with Crippen molar-refractivity contribution < 1.29 is 4.74 Å². The molecule has 102 valence electrons. The van der Waals surface area contributed by atoms with Crippen LogP contribution in [0.15, 0.2) is 30.3 Å². The Hall–Kier alpha value is -2.56. The molecule has 0 unspecified atom stereocenters. The summed E-state index contributed by atoms with van der Waals surface area (Å²) in [6.45, 7) is 4.14. The Bertz CT molecular complexity index is 792. The lowest BCUT2D eigenvalue weighted by molar-refractivity contribution is 0.399. The number of aromatic nitrogens is 3. The predicted octanol–water partition coefficient (Wildman–Crippen LogP) is 2.63. The van der Waals surface area contributed by atoms with Gasteiger partial charge in [-0.05, 0) is 37.1 Å². The summed E-state index contributed by atoms with van der Waals surface area (Å²) in [6.07, 6.45) is 0. The van der Waals surface area contributed by atoms with Crippen molar-refractivity contribution >= 4 is 17.1 Å². The lowest BCUT2D eigenvalue weighted by Crippen LogP contribution is -2.04. The molecule has 3 aromatic rings. The number of hydrogen-bond acceptors (Lipinski definition) is 4. The van der Waals surface area contributed by atoms with Crippen LogP contribution in [0.5, 0.6) is 5.88 Å². The van der Waals surface area contributed by atoms with Gasteiger partial charge in [-0.2, -0.15) is 4.98 Å². The summed E-state index contributed by atoms with van der Waals surface area (Å²) < 4.78 is 7.04. The number of aryl methyl sites for hydroxylation is 1. The number of nitrogen functional groups attached to an aromatic ring is 1. The van der Waals surface area contributed by atoms with Crippen molar-refractivity contribution in [3.63, 3.8) is 0 Å². The van der Waals surface area contributed by atoms with Crippen molar-refractivity contribution in [2.75, 3.05) is 12.8 Å². The van der Waals surface area contributed by atoms with Gasteiger partial charge in [-0.3, -0.25) is 4.57 Å². The highest BCUT2D eigenvalue weighted by Gasteiger charge is 2.14. The number of imidazole rings is 1. The van der Waals surface area contributed by atoms with Crippen LogP contribution in [0.2, 0.25) is 0 Å². The van der Waals surface area contributed by atoms with E-state index in [9.17, 15) is 0 Å². The number of rotatable bonds is 2. The van der Waals surface area contributed by atoms with E-state index in [2.05, 4.69) is 29.9 Å². The third kappa shape index (κ3) is 1.79. The van der Waals surface area contributed by atoms with Crippen LogP contribution in [-0.2, 0) is 0 Å². The molecule has 0 fully saturated rings. The molecule has 0 amide bonds. The van der Waals surface area contributed by atoms with Crippen molar-refractivity contribution in [3.05, 3.63) is 41.5 Å². The fourth-order valence-corrected chi connectivity index (χ4v) is 2.29. The molecule has 2 N–H and O–H groups in total. The van der Waals surface area contributed by atoms with Gasteiger partial charge in [0, 0.05) is 6.07 Å². The van der Waals surface area contributed by atoms with E-state index in [1.165, 1.54) is 5.56 Å². The Morgan fingerprint density at radius 2 is 1.90 bits per heavy atom. The third-order valence-electron chi connectivity index (χ3n) is 3.53. The summed E-state index contributed by atoms with van der Waals surface area (Å²) in [7, 11) is 1.59. The summed E-state index contributed by atoms with van der Waals surface area (Å²) in [5.41, 5.74) is 10.9. The number of nitrogens with two attached hydrogens (primary N) is 1. The van der Waals surface area contributed by atoms with Crippen molar-refractivity contribution in [2.24, 2.45) is 0 Å². The van der Waals surface area contributed by atoms with Crippen LogP contribution in [0.25, 0.3) is 16.9 Å². The highest BCUT2D eigenvalue weighted by molar-refractivity contribution is 5.78. The van der Waals surface area contributed by atoms with Crippen LogP contribution in [0.3, 0.4) is 0 Å². The monoisotopic (exact) mass is 268 g/mol. The maximum atomic E-state index is 6.07. The predicted molar refractivity (Wildman–Crippen MR) is 79.3 cm³/mol. The first-order chi connectivity index (χ1) is 9.61. The first-order valence-corrected chi connectivity index (χ1v) is 6.37. The van der Waals surface area contributed by atoms with E-state index in [4.69, 9.17) is 10.5 Å². The second kappa shape index (κ2) is 4.52. The number of pyridine rings is 1. The van der Waals surface area contributed by atoms with Crippen LogP contribution >= 0.6 is 0 Å². The number of benzene rings is 1. The summed E-state index contributed by atoms with van der Waals surface area (Å²) in [5.74, 6) is 0.971. The highest BCUT2D eigenvalue weighted by Crippen LogP contribution is 2.26. The molecule has 0 radical (unpaired) electrons. The number of anilines is 1. The van der Waals surface area contributed by atoms with Gasteiger partial charge in [-0.1, -0.05) is 12.1 Å². The normalized spacial score (nSPS) is 10.9. The fraction of sp³-hybridized carbons (Fsp3) is 0.200. The molecule has 0 spiro atoms. The van der Waals surface area contributed by atoms with Gasteiger partial charge in [-0.15, -0.1) is 0 Å². The van der Waals surface area contributed by atoms with Crippen LogP contribution in [-0.4, -0.2) is 21.6 Å². The fourth-order valence-electron chi connectivity index (χ4n) is 2.29. The molecule has 0 saturated heterocycles. The van der Waals surface area contributed by atoms with Crippen molar-refractivity contribution in [2.45, 2.75) is 13.8 Å². The molecule has 2 heterocycles. The van der Waals surface area contributed by atoms with E-state index in [1.807, 2.05) is 22.8 Å². The van der Waals surface area contributed by atoms with Crippen LogP contribution < -0.4 is 10.5 Å². The van der Waals surface area contributed by atoms with E-state index in [-0.39, 0.29) is 0 Å². The molecule has 20 heavy (non-hydrogen) atoms. The van der Waals surface area contributed by atoms with E-state index in [0.29, 0.717) is 17.5 Å². The van der Waals surface area contributed by atoms with Crippen LogP contribution in [0.4, 0.5) is 5.95 Å². The number of ether oxygens (including phenoxy) is 1. The zero-order chi connectivity index (χ0) is 14.3. The Labute approximate surface area is 117 Å². The number of hydrogen-bond donors (Lipinski definition) is 1. The first-order valence-electron chi connectivity index (χ1n) is 6.37. The van der Waals surface area contributed by atoms with Crippen molar-refractivity contribution in [1.82, 2.24) is 14.5 Å². The molecular formula is C15H16N4O. The molecule has 0 aliphatic rings. The lowest BCUT2D eigenvalue weighted by atomic mass is 10.1. The van der Waals surface area contributed by atoms with E-state index in [0.717, 1.165) is 16.8 Å². The maximum absolute atomic E-state index is 6.07. The minimum absolute atomic E-state index is 0.425. The molecule has 0 bridgehead atoms. The largest absolute Gasteiger partial charge is 0.481 e. The zero-order valence-corrected chi connectivity index (χ0v) is 11.7. The lowest BCUT2D eigenvalue weighted by Gasteiger charge is -2.11. The average Bonchev–Trinajstić information content (AvgIpc) is 2.77. The summed E-state index contributed by atoms with van der Waals surface area (Å²) in [4.78, 5) is 8.82. The van der Waals surface area contributed by atoms with Crippen molar-refractivity contribution in [1.29, 1.82) is 0 Å². The standard InChI is InChI=1S/C15H16N4O/c1-9-5-4-6-12(10(9)2)19-14-11(17-15(19)16)7-8-13(18-14)20-3/h4-8H,1-3H3,(H2,16,17). The molecule has 0 aliphatic heterocycles. The molecule has 2 aromatic heterocycles. The van der Waals surface area contributed by atoms with Gasteiger partial charge in [0.15, 0.2) is 5.65 Å². The average molecular weight is 268 g/mol. The number of nitrogens with zero attached hydrogens (tertiary/aromatic N) is 3. The van der Waals surface area contributed by atoms with E-state index < -0.39 is 0 Å². The molecule has 5 heteroatoms. The molecule has 5 nitrogen and oxygen atoms in total. The van der Waals surface area contributed by atoms with Crippen LogP contribution in [0.1, 0.15) is 11.1 Å². The Balaban J connectivity index is 2.35. The van der Waals surface area contributed by atoms with Gasteiger partial charge in [0.05, 0.1) is 12.8 Å². The third-order valence-corrected chi connectivity index (χ3v) is 3.53. The Morgan fingerprint density at radius 1 is 1.10 bits per heavy atom. The smallest absolute Gasteiger partial charge is 0.215 e. The minimum atomic E-state index is 0.425. The van der Waals surface area contributed by atoms with Gasteiger partial charge in [0.2, 0.25) is 11.8 Å².